The molecule has 2 N–H and O–H groups in total. The van der Waals surface area contributed by atoms with Gasteiger partial charge < -0.3 is 14.8 Å². The Bertz CT molecular complexity index is 588. The second-order valence-electron chi connectivity index (χ2n) is 5.72. The summed E-state index contributed by atoms with van der Waals surface area (Å²) in [5, 5.41) is 19.2. The van der Waals surface area contributed by atoms with E-state index in [1.165, 1.54) is 12.1 Å². The van der Waals surface area contributed by atoms with E-state index in [9.17, 15) is 9.50 Å². The Kier molecular flexibility index (Phi) is 4.75. The molecular weight excluding hydrogens is 271 g/mol. The minimum absolute atomic E-state index is 0.0516. The molecular formula is C16H21FN2O2. The van der Waals surface area contributed by atoms with E-state index in [0.717, 1.165) is 5.56 Å². The molecule has 0 spiro atoms. The fourth-order valence-electron chi connectivity index (χ4n) is 2.47. The van der Waals surface area contributed by atoms with Gasteiger partial charge in [-0.2, -0.15) is 0 Å². The Morgan fingerprint density at radius 2 is 2.10 bits per heavy atom. The second-order valence-corrected chi connectivity index (χ2v) is 5.72. The molecule has 1 atom stereocenters. The molecule has 114 valence electrons. The number of nitrogens with zero attached hydrogens (tertiary/aromatic N) is 2. The normalized spacial score (nSPS) is 14.1. The zero-order valence-electron chi connectivity index (χ0n) is 12.4. The van der Waals surface area contributed by atoms with E-state index in [1.807, 2.05) is 17.6 Å². The van der Waals surface area contributed by atoms with Crippen LogP contribution in [-0.4, -0.2) is 32.0 Å². The van der Waals surface area contributed by atoms with E-state index in [4.69, 9.17) is 5.11 Å². The summed E-state index contributed by atoms with van der Waals surface area (Å²) in [7, 11) is 0. The number of hydrogen-bond donors (Lipinski definition) is 2. The lowest BCUT2D eigenvalue weighted by molar-refractivity contribution is 0.0271. The van der Waals surface area contributed by atoms with Crippen LogP contribution in [0.4, 0.5) is 4.39 Å². The highest BCUT2D eigenvalue weighted by molar-refractivity contribution is 5.57. The molecule has 0 aliphatic rings. The first kappa shape index (κ1) is 15.7. The van der Waals surface area contributed by atoms with Gasteiger partial charge in [0.05, 0.1) is 12.1 Å². The average Bonchev–Trinajstić information content (AvgIpc) is 2.82. The zero-order chi connectivity index (χ0) is 15.5. The fraction of sp³-hybridized carbons (Fsp3) is 0.438. The zero-order valence-corrected chi connectivity index (χ0v) is 12.4. The van der Waals surface area contributed by atoms with Crippen molar-refractivity contribution in [3.05, 3.63) is 42.0 Å². The number of benzene rings is 1. The predicted octanol–water partition coefficient (Wildman–Crippen LogP) is 2.52. The molecule has 1 aromatic carbocycles. The van der Waals surface area contributed by atoms with Crippen LogP contribution in [-0.2, 0) is 6.54 Å². The predicted molar refractivity (Wildman–Crippen MR) is 79.3 cm³/mol. The van der Waals surface area contributed by atoms with Crippen molar-refractivity contribution in [2.24, 2.45) is 0 Å². The monoisotopic (exact) mass is 292 g/mol. The van der Waals surface area contributed by atoms with E-state index in [2.05, 4.69) is 4.98 Å². The van der Waals surface area contributed by atoms with E-state index >= 15 is 0 Å². The molecule has 0 amide bonds. The highest BCUT2D eigenvalue weighted by Gasteiger charge is 2.22. The van der Waals surface area contributed by atoms with Gasteiger partial charge in [-0.1, -0.05) is 0 Å². The molecule has 0 aliphatic carbocycles. The molecule has 2 rings (SSSR count). The van der Waals surface area contributed by atoms with Crippen molar-refractivity contribution in [3.63, 3.8) is 0 Å². The molecule has 2 aromatic rings. The van der Waals surface area contributed by atoms with Gasteiger partial charge in [0.25, 0.3) is 0 Å². The van der Waals surface area contributed by atoms with Crippen molar-refractivity contribution in [2.75, 3.05) is 6.61 Å². The minimum atomic E-state index is -0.944. The Labute approximate surface area is 123 Å². The van der Waals surface area contributed by atoms with Gasteiger partial charge in [-0.3, -0.25) is 0 Å². The standard InChI is InChI=1S/C16H21FN2O2/c1-12-8-13(10-14(17)9-12)15-18-5-6-19(15)11-16(2,21)4-3-7-20/h5-6,8-10,20-21H,3-4,7,11H2,1-2H3/t16-/m0/s1. The minimum Gasteiger partial charge on any atom is -0.396 e. The first-order valence-corrected chi connectivity index (χ1v) is 7.03. The summed E-state index contributed by atoms with van der Waals surface area (Å²) in [4.78, 5) is 4.27. The highest BCUT2D eigenvalue weighted by atomic mass is 19.1. The van der Waals surface area contributed by atoms with Crippen LogP contribution < -0.4 is 0 Å². The van der Waals surface area contributed by atoms with Gasteiger partial charge >= 0.3 is 0 Å². The van der Waals surface area contributed by atoms with Gasteiger partial charge in [0.15, 0.2) is 0 Å². The number of rotatable bonds is 6. The molecule has 0 bridgehead atoms. The van der Waals surface area contributed by atoms with Crippen LogP contribution in [0.25, 0.3) is 11.4 Å². The molecule has 0 fully saturated rings. The van der Waals surface area contributed by atoms with Crippen LogP contribution in [0, 0.1) is 12.7 Å². The van der Waals surface area contributed by atoms with Crippen LogP contribution in [0.5, 0.6) is 0 Å². The van der Waals surface area contributed by atoms with Gasteiger partial charge in [0.1, 0.15) is 11.6 Å². The summed E-state index contributed by atoms with van der Waals surface area (Å²) in [6.45, 7) is 3.95. The quantitative estimate of drug-likeness (QED) is 0.860. The molecule has 4 nitrogen and oxygen atoms in total. The molecule has 0 radical (unpaired) electrons. The number of aromatic nitrogens is 2. The van der Waals surface area contributed by atoms with Gasteiger partial charge in [-0.05, 0) is 50.5 Å². The first-order chi connectivity index (χ1) is 9.91. The van der Waals surface area contributed by atoms with E-state index in [1.54, 1.807) is 19.3 Å². The smallest absolute Gasteiger partial charge is 0.140 e. The van der Waals surface area contributed by atoms with Crippen LogP contribution in [0.15, 0.2) is 30.6 Å². The Hall–Kier alpha value is -1.72. The Morgan fingerprint density at radius 1 is 1.33 bits per heavy atom. The molecule has 0 saturated carbocycles. The first-order valence-electron chi connectivity index (χ1n) is 7.03. The highest BCUT2D eigenvalue weighted by Crippen LogP contribution is 2.23. The lowest BCUT2D eigenvalue weighted by Crippen LogP contribution is -2.30. The SMILES string of the molecule is Cc1cc(F)cc(-c2nccn2C[C@@](C)(O)CCCO)c1. The number of imidazole rings is 1. The summed E-state index contributed by atoms with van der Waals surface area (Å²) >= 11 is 0. The third kappa shape index (κ3) is 4.12. The van der Waals surface area contributed by atoms with Crippen LogP contribution in [0.1, 0.15) is 25.3 Å². The van der Waals surface area contributed by atoms with Crippen molar-refractivity contribution in [3.8, 4) is 11.4 Å². The number of halogens is 1. The average molecular weight is 292 g/mol. The fourth-order valence-corrected chi connectivity index (χ4v) is 2.47. The van der Waals surface area contributed by atoms with Gasteiger partial charge in [0.2, 0.25) is 0 Å². The van der Waals surface area contributed by atoms with Crippen molar-refractivity contribution in [1.82, 2.24) is 9.55 Å². The molecule has 1 aromatic heterocycles. The van der Waals surface area contributed by atoms with Crippen LogP contribution in [0.3, 0.4) is 0 Å². The Morgan fingerprint density at radius 3 is 2.76 bits per heavy atom. The molecule has 0 unspecified atom stereocenters. The molecule has 0 saturated heterocycles. The summed E-state index contributed by atoms with van der Waals surface area (Å²) in [5.41, 5.74) is 0.572. The maximum Gasteiger partial charge on any atom is 0.140 e. The van der Waals surface area contributed by atoms with Gasteiger partial charge in [-0.15, -0.1) is 0 Å². The molecule has 0 aliphatic heterocycles. The summed E-state index contributed by atoms with van der Waals surface area (Å²) < 4.78 is 15.4. The van der Waals surface area contributed by atoms with Gasteiger partial charge in [0, 0.05) is 24.6 Å². The lowest BCUT2D eigenvalue weighted by Gasteiger charge is -2.24. The summed E-state index contributed by atoms with van der Waals surface area (Å²) in [6, 6.07) is 4.77. The number of aliphatic hydroxyl groups is 2. The third-order valence-corrected chi connectivity index (χ3v) is 3.40. The molecule has 5 heteroatoms. The lowest BCUT2D eigenvalue weighted by atomic mass is 10.00. The van der Waals surface area contributed by atoms with Crippen molar-refractivity contribution in [2.45, 2.75) is 38.8 Å². The van der Waals surface area contributed by atoms with Crippen molar-refractivity contribution >= 4 is 0 Å². The third-order valence-electron chi connectivity index (χ3n) is 3.40. The number of aryl methyl sites for hydroxylation is 1. The van der Waals surface area contributed by atoms with Gasteiger partial charge in [-0.25, -0.2) is 9.37 Å². The van der Waals surface area contributed by atoms with E-state index < -0.39 is 5.60 Å². The maximum absolute atomic E-state index is 13.5. The molecule has 1 heterocycles. The molecule has 21 heavy (non-hydrogen) atoms. The van der Waals surface area contributed by atoms with Crippen LogP contribution >= 0.6 is 0 Å². The summed E-state index contributed by atoms with van der Waals surface area (Å²) in [6.07, 6.45) is 4.43. The topological polar surface area (TPSA) is 58.3 Å². The van der Waals surface area contributed by atoms with Crippen molar-refractivity contribution < 1.29 is 14.6 Å². The summed E-state index contributed by atoms with van der Waals surface area (Å²) in [5.74, 6) is 0.327. The van der Waals surface area contributed by atoms with E-state index in [-0.39, 0.29) is 12.4 Å². The number of aliphatic hydroxyl groups excluding tert-OH is 1. The largest absolute Gasteiger partial charge is 0.396 e. The second kappa shape index (κ2) is 6.37. The van der Waals surface area contributed by atoms with Crippen LogP contribution in [0.2, 0.25) is 0 Å². The maximum atomic E-state index is 13.5. The number of hydrogen-bond acceptors (Lipinski definition) is 3. The Balaban J connectivity index is 2.26. The van der Waals surface area contributed by atoms with E-state index in [0.29, 0.717) is 30.8 Å². The van der Waals surface area contributed by atoms with Crippen molar-refractivity contribution in [1.29, 1.82) is 0 Å².